The lowest BCUT2D eigenvalue weighted by Crippen LogP contribution is -2.12. The molecule has 1 aromatic carbocycles. The molecule has 0 atom stereocenters. The molecule has 0 aliphatic heterocycles. The average Bonchev–Trinajstić information content (AvgIpc) is 2.46. The number of aromatic nitrogens is 1. The average molecular weight is 286 g/mol. The monoisotopic (exact) mass is 286 g/mol. The zero-order valence-corrected chi connectivity index (χ0v) is 11.4. The number of aryl methyl sites for hydroxylation is 1. The standard InChI is InChI=1S/C15H14N2O4/c1-10-8-11(6-7-16-10)15(20)17-12-2-4-13(5-3-12)21-9-14(18)19/h2-8H,9H2,1H3,(H,17,20)(H,18,19). The fourth-order valence-corrected chi connectivity index (χ4v) is 1.67. The van der Waals surface area contributed by atoms with Crippen LogP contribution in [0.1, 0.15) is 16.1 Å². The van der Waals surface area contributed by atoms with Gasteiger partial charge in [-0.15, -0.1) is 0 Å². The molecular weight excluding hydrogens is 272 g/mol. The minimum absolute atomic E-state index is 0.236. The van der Waals surface area contributed by atoms with Crippen molar-refractivity contribution < 1.29 is 19.4 Å². The number of carbonyl (C=O) groups excluding carboxylic acids is 1. The van der Waals surface area contributed by atoms with E-state index in [4.69, 9.17) is 9.84 Å². The van der Waals surface area contributed by atoms with Crippen LogP contribution in [0.15, 0.2) is 42.6 Å². The van der Waals surface area contributed by atoms with Crippen LogP contribution in [-0.4, -0.2) is 28.6 Å². The van der Waals surface area contributed by atoms with E-state index in [0.717, 1.165) is 5.69 Å². The molecular formula is C15H14N2O4. The molecule has 6 heteroatoms. The van der Waals surface area contributed by atoms with E-state index < -0.39 is 12.6 Å². The molecule has 2 N–H and O–H groups in total. The van der Waals surface area contributed by atoms with Crippen molar-refractivity contribution in [3.8, 4) is 5.75 Å². The number of aliphatic carboxylic acids is 1. The summed E-state index contributed by atoms with van der Waals surface area (Å²) in [5.74, 6) is -0.852. The van der Waals surface area contributed by atoms with E-state index in [1.165, 1.54) is 0 Å². The lowest BCUT2D eigenvalue weighted by Gasteiger charge is -2.07. The SMILES string of the molecule is Cc1cc(C(=O)Nc2ccc(OCC(=O)O)cc2)ccn1. The second-order valence-electron chi connectivity index (χ2n) is 4.35. The van der Waals surface area contributed by atoms with Crippen LogP contribution in [0.25, 0.3) is 0 Å². The number of nitrogens with zero attached hydrogens (tertiary/aromatic N) is 1. The van der Waals surface area contributed by atoms with Crippen molar-refractivity contribution in [3.05, 3.63) is 53.9 Å². The molecule has 2 rings (SSSR count). The van der Waals surface area contributed by atoms with Crippen molar-refractivity contribution in [1.29, 1.82) is 0 Å². The summed E-state index contributed by atoms with van der Waals surface area (Å²) in [6.07, 6.45) is 1.58. The van der Waals surface area contributed by atoms with Crippen molar-refractivity contribution in [3.63, 3.8) is 0 Å². The lowest BCUT2D eigenvalue weighted by atomic mass is 10.2. The van der Waals surface area contributed by atoms with Crippen LogP contribution in [0.3, 0.4) is 0 Å². The summed E-state index contributed by atoms with van der Waals surface area (Å²) >= 11 is 0. The summed E-state index contributed by atoms with van der Waals surface area (Å²) in [5.41, 5.74) is 1.88. The minimum atomic E-state index is -1.04. The van der Waals surface area contributed by atoms with Gasteiger partial charge in [0.2, 0.25) is 0 Å². The van der Waals surface area contributed by atoms with Crippen molar-refractivity contribution in [2.24, 2.45) is 0 Å². The van der Waals surface area contributed by atoms with E-state index in [0.29, 0.717) is 17.0 Å². The van der Waals surface area contributed by atoms with E-state index in [2.05, 4.69) is 10.3 Å². The number of carbonyl (C=O) groups is 2. The summed E-state index contributed by atoms with van der Waals surface area (Å²) in [6.45, 7) is 1.41. The molecule has 1 amide bonds. The number of amides is 1. The van der Waals surface area contributed by atoms with Gasteiger partial charge in [-0.3, -0.25) is 9.78 Å². The summed E-state index contributed by atoms with van der Waals surface area (Å²) in [5, 5.41) is 11.2. The van der Waals surface area contributed by atoms with Crippen LogP contribution >= 0.6 is 0 Å². The number of hydrogen-bond donors (Lipinski definition) is 2. The van der Waals surface area contributed by atoms with E-state index in [1.807, 2.05) is 6.92 Å². The van der Waals surface area contributed by atoms with Crippen LogP contribution < -0.4 is 10.1 Å². The van der Waals surface area contributed by atoms with E-state index >= 15 is 0 Å². The summed E-state index contributed by atoms with van der Waals surface area (Å²) in [7, 11) is 0. The van der Waals surface area contributed by atoms with E-state index in [1.54, 1.807) is 42.6 Å². The molecule has 0 bridgehead atoms. The second kappa shape index (κ2) is 6.51. The van der Waals surface area contributed by atoms with E-state index in [9.17, 15) is 9.59 Å². The van der Waals surface area contributed by atoms with Crippen LogP contribution in [0, 0.1) is 6.92 Å². The molecule has 0 saturated carbocycles. The number of carboxylic acid groups (broad SMARTS) is 1. The van der Waals surface area contributed by atoms with Gasteiger partial charge in [0.05, 0.1) is 0 Å². The molecule has 0 spiro atoms. The number of carboxylic acids is 1. The van der Waals surface area contributed by atoms with Gasteiger partial charge in [0.15, 0.2) is 6.61 Å². The maximum Gasteiger partial charge on any atom is 0.341 e. The topological polar surface area (TPSA) is 88.5 Å². The Hall–Kier alpha value is -2.89. The fraction of sp³-hybridized carbons (Fsp3) is 0.133. The molecule has 108 valence electrons. The molecule has 1 heterocycles. The third-order valence-corrected chi connectivity index (χ3v) is 2.63. The molecule has 0 aliphatic rings. The van der Waals surface area contributed by atoms with Gasteiger partial charge >= 0.3 is 5.97 Å². The van der Waals surface area contributed by atoms with Gasteiger partial charge < -0.3 is 15.2 Å². The predicted molar refractivity (Wildman–Crippen MR) is 76.5 cm³/mol. The fourth-order valence-electron chi connectivity index (χ4n) is 1.67. The Kier molecular flexibility index (Phi) is 4.50. The highest BCUT2D eigenvalue weighted by Gasteiger charge is 2.06. The van der Waals surface area contributed by atoms with Crippen molar-refractivity contribution in [1.82, 2.24) is 4.98 Å². The Morgan fingerprint density at radius 2 is 1.95 bits per heavy atom. The quantitative estimate of drug-likeness (QED) is 0.878. The number of benzene rings is 1. The van der Waals surface area contributed by atoms with Crippen LogP contribution in [0.4, 0.5) is 5.69 Å². The first-order chi connectivity index (χ1) is 10.0. The lowest BCUT2D eigenvalue weighted by molar-refractivity contribution is -0.139. The number of nitrogens with one attached hydrogen (secondary N) is 1. The van der Waals surface area contributed by atoms with Gasteiger partial charge in [-0.05, 0) is 43.3 Å². The molecule has 21 heavy (non-hydrogen) atoms. The first-order valence-electron chi connectivity index (χ1n) is 6.23. The van der Waals surface area contributed by atoms with Crippen LogP contribution in [0.5, 0.6) is 5.75 Å². The first-order valence-corrected chi connectivity index (χ1v) is 6.23. The van der Waals surface area contributed by atoms with Gasteiger partial charge in [-0.25, -0.2) is 4.79 Å². The molecule has 0 unspecified atom stereocenters. The van der Waals surface area contributed by atoms with Crippen LogP contribution in [0.2, 0.25) is 0 Å². The van der Waals surface area contributed by atoms with Crippen molar-refractivity contribution >= 4 is 17.6 Å². The molecule has 0 radical (unpaired) electrons. The van der Waals surface area contributed by atoms with Gasteiger partial charge in [0.25, 0.3) is 5.91 Å². The first kappa shape index (κ1) is 14.5. The van der Waals surface area contributed by atoms with Gasteiger partial charge in [-0.2, -0.15) is 0 Å². The Bertz CT molecular complexity index is 653. The minimum Gasteiger partial charge on any atom is -0.482 e. The number of rotatable bonds is 5. The van der Waals surface area contributed by atoms with Crippen molar-refractivity contribution in [2.75, 3.05) is 11.9 Å². The Morgan fingerprint density at radius 1 is 1.24 bits per heavy atom. The maximum absolute atomic E-state index is 12.0. The Labute approximate surface area is 121 Å². The highest BCUT2D eigenvalue weighted by Crippen LogP contribution is 2.16. The smallest absolute Gasteiger partial charge is 0.341 e. The van der Waals surface area contributed by atoms with Crippen LogP contribution in [-0.2, 0) is 4.79 Å². The van der Waals surface area contributed by atoms with Crippen molar-refractivity contribution in [2.45, 2.75) is 6.92 Å². The van der Waals surface area contributed by atoms with Gasteiger partial charge in [0, 0.05) is 23.1 Å². The molecule has 0 saturated heterocycles. The molecule has 0 fully saturated rings. The summed E-state index contributed by atoms with van der Waals surface area (Å²) in [6, 6.07) is 9.80. The molecule has 2 aromatic rings. The number of hydrogen-bond acceptors (Lipinski definition) is 4. The Morgan fingerprint density at radius 3 is 2.57 bits per heavy atom. The molecule has 0 aliphatic carbocycles. The highest BCUT2D eigenvalue weighted by atomic mass is 16.5. The highest BCUT2D eigenvalue weighted by molar-refractivity contribution is 6.04. The number of ether oxygens (including phenoxy) is 1. The molecule has 1 aromatic heterocycles. The Balaban J connectivity index is 2.00. The van der Waals surface area contributed by atoms with E-state index in [-0.39, 0.29) is 5.91 Å². The zero-order valence-electron chi connectivity index (χ0n) is 11.4. The molecule has 6 nitrogen and oxygen atoms in total. The zero-order chi connectivity index (χ0) is 15.2. The maximum atomic E-state index is 12.0. The predicted octanol–water partition coefficient (Wildman–Crippen LogP) is 2.11. The number of anilines is 1. The number of pyridine rings is 1. The normalized spacial score (nSPS) is 9.95. The third-order valence-electron chi connectivity index (χ3n) is 2.63. The summed E-state index contributed by atoms with van der Waals surface area (Å²) in [4.78, 5) is 26.4. The van der Waals surface area contributed by atoms with Gasteiger partial charge in [0.1, 0.15) is 5.75 Å². The largest absolute Gasteiger partial charge is 0.482 e. The third kappa shape index (κ3) is 4.31. The second-order valence-corrected chi connectivity index (χ2v) is 4.35. The van der Waals surface area contributed by atoms with Gasteiger partial charge in [-0.1, -0.05) is 0 Å². The summed E-state index contributed by atoms with van der Waals surface area (Å²) < 4.78 is 5.01.